The summed E-state index contributed by atoms with van der Waals surface area (Å²) in [5.41, 5.74) is 0.964. The maximum atomic E-state index is 5.71. The molecule has 1 aromatic heterocycles. The standard InChI is InChI=1S/C18H26N4O2.HI/c1-14(2)17-12-16(24-21-17)13-20-18(19-3)22(4)10-11-23-15-8-6-5-7-9-15;/h5-9,12,14H,10-11,13H2,1-4H3,(H,19,20);1H. The molecule has 0 saturated carbocycles. The normalized spacial score (nSPS) is 11.2. The number of aromatic nitrogens is 1. The Hall–Kier alpha value is -1.77. The molecule has 0 unspecified atom stereocenters. The molecule has 2 aromatic rings. The Bertz CT molecular complexity index is 644. The Morgan fingerprint density at radius 3 is 2.64 bits per heavy atom. The quantitative estimate of drug-likeness (QED) is 0.391. The van der Waals surface area contributed by atoms with Crippen molar-refractivity contribution in [3.63, 3.8) is 0 Å². The van der Waals surface area contributed by atoms with Crippen LogP contribution in [0.25, 0.3) is 0 Å². The average Bonchev–Trinajstić information content (AvgIpc) is 3.06. The lowest BCUT2D eigenvalue weighted by Crippen LogP contribution is -2.40. The monoisotopic (exact) mass is 458 g/mol. The number of para-hydroxylation sites is 1. The molecule has 0 saturated heterocycles. The van der Waals surface area contributed by atoms with E-state index < -0.39 is 0 Å². The molecular formula is C18H27IN4O2. The van der Waals surface area contributed by atoms with Crippen molar-refractivity contribution in [3.05, 3.63) is 47.9 Å². The third-order valence-corrected chi connectivity index (χ3v) is 3.60. The van der Waals surface area contributed by atoms with Gasteiger partial charge >= 0.3 is 0 Å². The maximum absolute atomic E-state index is 5.71. The lowest BCUT2D eigenvalue weighted by molar-refractivity contribution is 0.280. The van der Waals surface area contributed by atoms with Gasteiger partial charge in [0.2, 0.25) is 0 Å². The summed E-state index contributed by atoms with van der Waals surface area (Å²) in [4.78, 5) is 6.30. The summed E-state index contributed by atoms with van der Waals surface area (Å²) in [6, 6.07) is 11.8. The van der Waals surface area contributed by atoms with Crippen molar-refractivity contribution in [2.24, 2.45) is 4.99 Å². The first-order valence-electron chi connectivity index (χ1n) is 8.15. The van der Waals surface area contributed by atoms with Gasteiger partial charge in [-0.1, -0.05) is 37.2 Å². The summed E-state index contributed by atoms with van der Waals surface area (Å²) in [5, 5.41) is 7.33. The zero-order valence-electron chi connectivity index (χ0n) is 15.2. The Kier molecular flexibility index (Phi) is 9.33. The fraction of sp³-hybridized carbons (Fsp3) is 0.444. The second-order valence-electron chi connectivity index (χ2n) is 5.86. The van der Waals surface area contributed by atoms with Gasteiger partial charge in [-0.05, 0) is 18.1 Å². The molecule has 1 heterocycles. The highest BCUT2D eigenvalue weighted by Crippen LogP contribution is 2.13. The zero-order chi connectivity index (χ0) is 17.4. The molecule has 6 nitrogen and oxygen atoms in total. The molecular weight excluding hydrogens is 431 g/mol. The van der Waals surface area contributed by atoms with Crippen molar-refractivity contribution in [2.75, 3.05) is 27.2 Å². The van der Waals surface area contributed by atoms with Crippen LogP contribution in [0.1, 0.15) is 31.2 Å². The third kappa shape index (κ3) is 6.93. The summed E-state index contributed by atoms with van der Waals surface area (Å²) < 4.78 is 11.0. The fourth-order valence-corrected chi connectivity index (χ4v) is 2.16. The van der Waals surface area contributed by atoms with Crippen molar-refractivity contribution < 1.29 is 9.26 Å². The molecule has 0 aliphatic rings. The van der Waals surface area contributed by atoms with E-state index in [9.17, 15) is 0 Å². The van der Waals surface area contributed by atoms with Crippen molar-refractivity contribution in [1.29, 1.82) is 0 Å². The van der Waals surface area contributed by atoms with Crippen LogP contribution < -0.4 is 10.1 Å². The molecule has 0 bridgehead atoms. The maximum Gasteiger partial charge on any atom is 0.193 e. The Morgan fingerprint density at radius 1 is 1.32 bits per heavy atom. The van der Waals surface area contributed by atoms with Gasteiger partial charge in [0.15, 0.2) is 11.7 Å². The van der Waals surface area contributed by atoms with E-state index in [1.807, 2.05) is 48.3 Å². The van der Waals surface area contributed by atoms with Crippen molar-refractivity contribution in [1.82, 2.24) is 15.4 Å². The second-order valence-corrected chi connectivity index (χ2v) is 5.86. The molecule has 0 aliphatic heterocycles. The van der Waals surface area contributed by atoms with Crippen LogP contribution >= 0.6 is 24.0 Å². The zero-order valence-corrected chi connectivity index (χ0v) is 17.6. The molecule has 138 valence electrons. The number of halogens is 1. The minimum Gasteiger partial charge on any atom is -0.492 e. The first kappa shape index (κ1) is 21.3. The van der Waals surface area contributed by atoms with E-state index in [1.54, 1.807) is 7.05 Å². The van der Waals surface area contributed by atoms with Crippen LogP contribution in [0.5, 0.6) is 5.75 Å². The number of benzene rings is 1. The molecule has 0 radical (unpaired) electrons. The Labute approximate surface area is 166 Å². The van der Waals surface area contributed by atoms with Crippen LogP contribution in [-0.2, 0) is 6.54 Å². The van der Waals surface area contributed by atoms with Crippen LogP contribution in [0.15, 0.2) is 45.9 Å². The molecule has 1 N–H and O–H groups in total. The average molecular weight is 458 g/mol. The van der Waals surface area contributed by atoms with Gasteiger partial charge in [0, 0.05) is 20.2 Å². The number of hydrogen-bond donors (Lipinski definition) is 1. The molecule has 0 fully saturated rings. The first-order valence-corrected chi connectivity index (χ1v) is 8.15. The highest BCUT2D eigenvalue weighted by atomic mass is 127. The van der Waals surface area contributed by atoms with E-state index in [0.29, 0.717) is 19.1 Å². The van der Waals surface area contributed by atoms with Gasteiger partial charge in [-0.3, -0.25) is 4.99 Å². The highest BCUT2D eigenvalue weighted by molar-refractivity contribution is 14.0. The van der Waals surface area contributed by atoms with Gasteiger partial charge < -0.3 is 19.5 Å². The largest absolute Gasteiger partial charge is 0.492 e. The molecule has 0 spiro atoms. The number of nitrogens with one attached hydrogen (secondary N) is 1. The molecule has 25 heavy (non-hydrogen) atoms. The predicted molar refractivity (Wildman–Crippen MR) is 111 cm³/mol. The van der Waals surface area contributed by atoms with Gasteiger partial charge in [0.1, 0.15) is 12.4 Å². The van der Waals surface area contributed by atoms with E-state index in [4.69, 9.17) is 9.26 Å². The summed E-state index contributed by atoms with van der Waals surface area (Å²) >= 11 is 0. The number of ether oxygens (including phenoxy) is 1. The number of hydrogen-bond acceptors (Lipinski definition) is 4. The number of aliphatic imine (C=N–C) groups is 1. The number of nitrogens with zero attached hydrogens (tertiary/aromatic N) is 3. The molecule has 1 aromatic carbocycles. The summed E-state index contributed by atoms with van der Waals surface area (Å²) in [5.74, 6) is 2.82. The summed E-state index contributed by atoms with van der Waals surface area (Å²) in [6.07, 6.45) is 0. The van der Waals surface area contributed by atoms with Crippen molar-refractivity contribution >= 4 is 29.9 Å². The van der Waals surface area contributed by atoms with Crippen LogP contribution in [-0.4, -0.2) is 43.3 Å². The lowest BCUT2D eigenvalue weighted by Gasteiger charge is -2.21. The second kappa shape index (κ2) is 11.0. The Balaban J connectivity index is 0.00000312. The lowest BCUT2D eigenvalue weighted by atomic mass is 10.1. The number of likely N-dealkylation sites (N-methyl/N-ethyl adjacent to an activating group) is 1. The van der Waals surface area contributed by atoms with E-state index in [-0.39, 0.29) is 24.0 Å². The molecule has 2 rings (SSSR count). The van der Waals surface area contributed by atoms with Gasteiger partial charge in [-0.15, -0.1) is 24.0 Å². The minimum atomic E-state index is 0. The highest BCUT2D eigenvalue weighted by Gasteiger charge is 2.10. The fourth-order valence-electron chi connectivity index (χ4n) is 2.16. The Morgan fingerprint density at radius 2 is 2.04 bits per heavy atom. The molecule has 0 amide bonds. The summed E-state index contributed by atoms with van der Waals surface area (Å²) in [7, 11) is 3.74. The summed E-state index contributed by atoms with van der Waals surface area (Å²) in [6.45, 7) is 6.04. The molecule has 0 atom stereocenters. The van der Waals surface area contributed by atoms with Crippen molar-refractivity contribution in [2.45, 2.75) is 26.3 Å². The van der Waals surface area contributed by atoms with Crippen molar-refractivity contribution in [3.8, 4) is 5.75 Å². The minimum absolute atomic E-state index is 0. The van der Waals surface area contributed by atoms with Gasteiger partial charge in [-0.25, -0.2) is 0 Å². The van der Waals surface area contributed by atoms with Gasteiger partial charge in [0.05, 0.1) is 18.8 Å². The van der Waals surface area contributed by atoms with Crippen LogP contribution in [0.2, 0.25) is 0 Å². The molecule has 7 heteroatoms. The van der Waals surface area contributed by atoms with Crippen LogP contribution in [0.3, 0.4) is 0 Å². The van der Waals surface area contributed by atoms with Gasteiger partial charge in [-0.2, -0.15) is 0 Å². The number of rotatable bonds is 7. The van der Waals surface area contributed by atoms with Crippen LogP contribution in [0.4, 0.5) is 0 Å². The topological polar surface area (TPSA) is 62.9 Å². The van der Waals surface area contributed by atoms with Gasteiger partial charge in [0.25, 0.3) is 0 Å². The SMILES string of the molecule is CN=C(NCc1cc(C(C)C)no1)N(C)CCOc1ccccc1.I. The first-order chi connectivity index (χ1) is 11.6. The van der Waals surface area contributed by atoms with Crippen LogP contribution in [0, 0.1) is 0 Å². The number of guanidine groups is 1. The smallest absolute Gasteiger partial charge is 0.193 e. The predicted octanol–water partition coefficient (Wildman–Crippen LogP) is 3.50. The van der Waals surface area contributed by atoms with E-state index >= 15 is 0 Å². The van der Waals surface area contributed by atoms with E-state index in [1.165, 1.54) is 0 Å². The van der Waals surface area contributed by atoms with E-state index in [0.717, 1.165) is 29.7 Å². The van der Waals surface area contributed by atoms with E-state index in [2.05, 4.69) is 29.3 Å². The third-order valence-electron chi connectivity index (χ3n) is 3.60. The molecule has 0 aliphatic carbocycles.